The first kappa shape index (κ1) is 16.0. The molecule has 2 rings (SSSR count). The van der Waals surface area contributed by atoms with E-state index < -0.39 is 10.8 Å². The molecule has 5 heteroatoms. The minimum absolute atomic E-state index is 0.0573. The van der Waals surface area contributed by atoms with Gasteiger partial charge < -0.3 is 9.47 Å². The molecule has 1 unspecified atom stereocenters. The number of carbonyl (C=O) groups excluding carboxylic acids is 1. The Kier molecular flexibility index (Phi) is 5.79. The van der Waals surface area contributed by atoms with Gasteiger partial charge in [-0.15, -0.1) is 0 Å². The standard InChI is InChI=1S/C16H22O4S/c1-19-15(17)12-16(8-9-16)13-21(18)11-5-10-20-14-6-3-2-4-7-14/h2-4,6-7H,5,8-13H2,1H3. The highest BCUT2D eigenvalue weighted by Gasteiger charge is 2.45. The maximum atomic E-state index is 12.1. The van der Waals surface area contributed by atoms with Crippen LogP contribution in [0.15, 0.2) is 30.3 Å². The van der Waals surface area contributed by atoms with Crippen LogP contribution in [-0.4, -0.2) is 35.4 Å². The van der Waals surface area contributed by atoms with E-state index in [1.165, 1.54) is 7.11 Å². The zero-order chi connectivity index (χ0) is 15.1. The highest BCUT2D eigenvalue weighted by atomic mass is 32.2. The SMILES string of the molecule is COC(=O)CC1(CS(=O)CCCOc2ccccc2)CC1. The van der Waals surface area contributed by atoms with Gasteiger partial charge in [0.1, 0.15) is 5.75 Å². The molecule has 0 amide bonds. The molecule has 1 atom stereocenters. The maximum Gasteiger partial charge on any atom is 0.306 e. The zero-order valence-electron chi connectivity index (χ0n) is 12.4. The first-order chi connectivity index (χ1) is 10.1. The van der Waals surface area contributed by atoms with Gasteiger partial charge in [-0.1, -0.05) is 18.2 Å². The molecule has 1 aromatic rings. The fourth-order valence-corrected chi connectivity index (χ4v) is 3.93. The molecular formula is C16H22O4S. The first-order valence-corrected chi connectivity index (χ1v) is 8.72. The minimum atomic E-state index is -0.891. The van der Waals surface area contributed by atoms with Crippen LogP contribution in [0.2, 0.25) is 0 Å². The molecule has 4 nitrogen and oxygen atoms in total. The fourth-order valence-electron chi connectivity index (χ4n) is 2.27. The van der Waals surface area contributed by atoms with E-state index in [4.69, 9.17) is 9.47 Å². The second-order valence-corrected chi connectivity index (χ2v) is 7.13. The second kappa shape index (κ2) is 7.59. The molecule has 1 aliphatic carbocycles. The summed E-state index contributed by atoms with van der Waals surface area (Å²) in [5.74, 6) is 1.87. The van der Waals surface area contributed by atoms with Crippen LogP contribution in [0.5, 0.6) is 5.75 Å². The van der Waals surface area contributed by atoms with Gasteiger partial charge in [-0.25, -0.2) is 0 Å². The van der Waals surface area contributed by atoms with E-state index in [1.807, 2.05) is 30.3 Å². The van der Waals surface area contributed by atoms with E-state index in [-0.39, 0.29) is 11.4 Å². The molecule has 0 N–H and O–H groups in total. The monoisotopic (exact) mass is 310 g/mol. The van der Waals surface area contributed by atoms with Gasteiger partial charge >= 0.3 is 5.97 Å². The number of ether oxygens (including phenoxy) is 2. The van der Waals surface area contributed by atoms with Crippen molar-refractivity contribution >= 4 is 16.8 Å². The Morgan fingerprint density at radius 1 is 1.29 bits per heavy atom. The van der Waals surface area contributed by atoms with Gasteiger partial charge in [0.15, 0.2) is 0 Å². The van der Waals surface area contributed by atoms with Crippen LogP contribution in [-0.2, 0) is 20.3 Å². The predicted octanol–water partition coefficient (Wildman–Crippen LogP) is 2.55. The van der Waals surface area contributed by atoms with Crippen LogP contribution in [0.25, 0.3) is 0 Å². The van der Waals surface area contributed by atoms with Gasteiger partial charge in [0, 0.05) is 22.3 Å². The van der Waals surface area contributed by atoms with E-state index in [2.05, 4.69) is 0 Å². The van der Waals surface area contributed by atoms with Crippen LogP contribution in [0.4, 0.5) is 0 Å². The van der Waals surface area contributed by atoms with Crippen LogP contribution >= 0.6 is 0 Å². The van der Waals surface area contributed by atoms with Crippen molar-refractivity contribution in [3.63, 3.8) is 0 Å². The zero-order valence-corrected chi connectivity index (χ0v) is 13.2. The van der Waals surface area contributed by atoms with Gasteiger partial charge in [-0.2, -0.15) is 0 Å². The summed E-state index contributed by atoms with van der Waals surface area (Å²) in [6, 6.07) is 9.62. The molecule has 0 aliphatic heterocycles. The molecule has 0 radical (unpaired) electrons. The van der Waals surface area contributed by atoms with Crippen molar-refractivity contribution in [3.05, 3.63) is 30.3 Å². The molecular weight excluding hydrogens is 288 g/mol. The summed E-state index contributed by atoms with van der Waals surface area (Å²) >= 11 is 0. The predicted molar refractivity (Wildman–Crippen MR) is 82.7 cm³/mol. The Morgan fingerprint density at radius 3 is 2.62 bits per heavy atom. The molecule has 0 spiro atoms. The van der Waals surface area contributed by atoms with Crippen LogP contribution in [0.3, 0.4) is 0 Å². The molecule has 0 heterocycles. The molecule has 1 saturated carbocycles. The summed E-state index contributed by atoms with van der Waals surface area (Å²) < 4.78 is 22.4. The quantitative estimate of drug-likeness (QED) is 0.519. The number of rotatable bonds is 9. The third-order valence-corrected chi connectivity index (χ3v) is 5.38. The molecule has 0 saturated heterocycles. The Labute approximate surface area is 128 Å². The molecule has 1 aliphatic rings. The largest absolute Gasteiger partial charge is 0.494 e. The van der Waals surface area contributed by atoms with Crippen molar-refractivity contribution in [2.45, 2.75) is 25.7 Å². The molecule has 0 bridgehead atoms. The average molecular weight is 310 g/mol. The number of hydrogen-bond acceptors (Lipinski definition) is 4. The summed E-state index contributed by atoms with van der Waals surface area (Å²) in [5.41, 5.74) is -0.0573. The lowest BCUT2D eigenvalue weighted by Gasteiger charge is -2.13. The van der Waals surface area contributed by atoms with Gasteiger partial charge in [0.25, 0.3) is 0 Å². The van der Waals surface area contributed by atoms with Gasteiger partial charge in [-0.3, -0.25) is 9.00 Å². The van der Waals surface area contributed by atoms with Crippen molar-refractivity contribution in [1.82, 2.24) is 0 Å². The van der Waals surface area contributed by atoms with Gasteiger partial charge in [0.05, 0.1) is 20.1 Å². The minimum Gasteiger partial charge on any atom is -0.494 e. The highest BCUT2D eigenvalue weighted by molar-refractivity contribution is 7.85. The third-order valence-electron chi connectivity index (χ3n) is 3.70. The van der Waals surface area contributed by atoms with E-state index >= 15 is 0 Å². The Hall–Kier alpha value is -1.36. The summed E-state index contributed by atoms with van der Waals surface area (Å²) in [7, 11) is 0.508. The number of benzene rings is 1. The maximum absolute atomic E-state index is 12.1. The Balaban J connectivity index is 1.63. The molecule has 0 aromatic heterocycles. The van der Waals surface area contributed by atoms with Crippen LogP contribution in [0, 0.1) is 5.41 Å². The summed E-state index contributed by atoms with van der Waals surface area (Å²) in [6.07, 6.45) is 3.12. The number of hydrogen-bond donors (Lipinski definition) is 0. The van der Waals surface area contributed by atoms with Crippen molar-refractivity contribution in [3.8, 4) is 5.75 Å². The molecule has 1 aromatic carbocycles. The van der Waals surface area contributed by atoms with E-state index in [9.17, 15) is 9.00 Å². The lowest BCUT2D eigenvalue weighted by Crippen LogP contribution is -2.19. The molecule has 116 valence electrons. The van der Waals surface area contributed by atoms with Crippen molar-refractivity contribution in [2.75, 3.05) is 25.2 Å². The topological polar surface area (TPSA) is 52.6 Å². The summed E-state index contributed by atoms with van der Waals surface area (Å²) in [4.78, 5) is 11.3. The number of esters is 1. The van der Waals surface area contributed by atoms with Gasteiger partial charge in [0.2, 0.25) is 0 Å². The summed E-state index contributed by atoms with van der Waals surface area (Å²) in [5, 5.41) is 0. The van der Waals surface area contributed by atoms with E-state index in [0.29, 0.717) is 24.5 Å². The van der Waals surface area contributed by atoms with Crippen LogP contribution in [0.1, 0.15) is 25.7 Å². The smallest absolute Gasteiger partial charge is 0.306 e. The summed E-state index contributed by atoms with van der Waals surface area (Å²) in [6.45, 7) is 0.569. The van der Waals surface area contributed by atoms with Crippen molar-refractivity contribution < 1.29 is 18.5 Å². The molecule has 1 fully saturated rings. The highest BCUT2D eigenvalue weighted by Crippen LogP contribution is 2.49. The normalized spacial score (nSPS) is 17.0. The lowest BCUT2D eigenvalue weighted by atomic mass is 10.1. The molecule has 21 heavy (non-hydrogen) atoms. The van der Waals surface area contributed by atoms with E-state index in [1.54, 1.807) is 0 Å². The second-order valence-electron chi connectivity index (χ2n) is 5.56. The average Bonchev–Trinajstić information content (AvgIpc) is 3.23. The van der Waals surface area contributed by atoms with Crippen LogP contribution < -0.4 is 4.74 Å². The van der Waals surface area contributed by atoms with Crippen molar-refractivity contribution in [2.24, 2.45) is 5.41 Å². The van der Waals surface area contributed by atoms with Gasteiger partial charge in [-0.05, 0) is 36.8 Å². The Morgan fingerprint density at radius 2 is 2.00 bits per heavy atom. The van der Waals surface area contributed by atoms with Crippen molar-refractivity contribution in [1.29, 1.82) is 0 Å². The lowest BCUT2D eigenvalue weighted by molar-refractivity contribution is -0.141. The fraction of sp³-hybridized carbons (Fsp3) is 0.562. The number of para-hydroxylation sites is 1. The first-order valence-electron chi connectivity index (χ1n) is 7.23. The number of carbonyl (C=O) groups is 1. The number of methoxy groups -OCH3 is 1. The van der Waals surface area contributed by atoms with E-state index in [0.717, 1.165) is 25.0 Å². The third kappa shape index (κ3) is 5.50. The Bertz CT molecular complexity index is 482.